The van der Waals surface area contributed by atoms with Gasteiger partial charge in [0.15, 0.2) is 0 Å². The molecule has 1 rings (SSSR count). The van der Waals surface area contributed by atoms with Gasteiger partial charge in [-0.3, -0.25) is 5.32 Å². The van der Waals surface area contributed by atoms with Crippen LogP contribution in [0.5, 0.6) is 0 Å². The van der Waals surface area contributed by atoms with E-state index in [1.807, 2.05) is 32.9 Å². The molecule has 1 unspecified atom stereocenters. The van der Waals surface area contributed by atoms with Crippen molar-refractivity contribution in [3.05, 3.63) is 29.8 Å². The number of hydrogen-bond acceptors (Lipinski definition) is 5. The van der Waals surface area contributed by atoms with Crippen molar-refractivity contribution in [2.24, 2.45) is 11.5 Å². The van der Waals surface area contributed by atoms with Crippen molar-refractivity contribution in [3.8, 4) is 0 Å². The van der Waals surface area contributed by atoms with Crippen molar-refractivity contribution in [2.75, 3.05) is 18.5 Å². The highest BCUT2D eigenvalue weighted by Crippen LogP contribution is 2.13. The zero-order chi connectivity index (χ0) is 15.9. The molecule has 0 heterocycles. The predicted molar refractivity (Wildman–Crippen MR) is 83.0 cm³/mol. The number of amides is 1. The molecule has 0 spiro atoms. The summed E-state index contributed by atoms with van der Waals surface area (Å²) in [5.74, 6) is 0. The molecular formula is C15H25N3O3. The van der Waals surface area contributed by atoms with E-state index in [-0.39, 0.29) is 6.04 Å². The number of carbonyl (C=O) groups is 1. The van der Waals surface area contributed by atoms with E-state index < -0.39 is 11.7 Å². The molecule has 6 heteroatoms. The minimum atomic E-state index is -0.514. The minimum absolute atomic E-state index is 0.141. The molecule has 0 aliphatic heterocycles. The normalized spacial score (nSPS) is 12.8. The van der Waals surface area contributed by atoms with Crippen LogP contribution in [0.4, 0.5) is 10.5 Å². The highest BCUT2D eigenvalue weighted by molar-refractivity contribution is 5.84. The second kappa shape index (κ2) is 7.97. The smallest absolute Gasteiger partial charge is 0.412 e. The molecule has 118 valence electrons. The fourth-order valence-electron chi connectivity index (χ4n) is 1.50. The molecule has 6 nitrogen and oxygen atoms in total. The molecule has 1 aromatic rings. The lowest BCUT2D eigenvalue weighted by atomic mass is 10.2. The van der Waals surface area contributed by atoms with Gasteiger partial charge in [0.1, 0.15) is 5.60 Å². The SMILES string of the molecule is CC(C)(C)OC(=O)Nc1ccc(COCC(N)CN)cc1. The molecule has 0 bridgehead atoms. The van der Waals surface area contributed by atoms with Gasteiger partial charge in [-0.15, -0.1) is 0 Å². The van der Waals surface area contributed by atoms with E-state index in [0.717, 1.165) is 5.56 Å². The molecule has 21 heavy (non-hydrogen) atoms. The van der Waals surface area contributed by atoms with Crippen LogP contribution in [0.25, 0.3) is 0 Å². The monoisotopic (exact) mass is 295 g/mol. The maximum atomic E-state index is 11.6. The van der Waals surface area contributed by atoms with Gasteiger partial charge in [-0.25, -0.2) is 4.79 Å². The van der Waals surface area contributed by atoms with Gasteiger partial charge >= 0.3 is 6.09 Å². The number of carbonyl (C=O) groups excluding carboxylic acids is 1. The van der Waals surface area contributed by atoms with Gasteiger partial charge in [0.25, 0.3) is 0 Å². The summed E-state index contributed by atoms with van der Waals surface area (Å²) >= 11 is 0. The van der Waals surface area contributed by atoms with Crippen LogP contribution in [0.2, 0.25) is 0 Å². The first-order chi connectivity index (χ1) is 9.80. The summed E-state index contributed by atoms with van der Waals surface area (Å²) in [6, 6.07) is 7.20. The first-order valence-corrected chi connectivity index (χ1v) is 6.92. The van der Waals surface area contributed by atoms with Gasteiger partial charge in [-0.1, -0.05) is 12.1 Å². The molecule has 0 saturated heterocycles. The van der Waals surface area contributed by atoms with Crippen molar-refractivity contribution in [3.63, 3.8) is 0 Å². The Hall–Kier alpha value is -1.63. The summed E-state index contributed by atoms with van der Waals surface area (Å²) in [4.78, 5) is 11.6. The number of nitrogens with one attached hydrogen (secondary N) is 1. The topological polar surface area (TPSA) is 99.6 Å². The molecule has 1 atom stereocenters. The van der Waals surface area contributed by atoms with E-state index in [9.17, 15) is 4.79 Å². The standard InChI is InChI=1S/C15H25N3O3/c1-15(2,3)21-14(19)18-13-6-4-11(5-7-13)9-20-10-12(17)8-16/h4-7,12H,8-10,16-17H2,1-3H3,(H,18,19). The van der Waals surface area contributed by atoms with E-state index in [2.05, 4.69) is 5.32 Å². The first-order valence-electron chi connectivity index (χ1n) is 6.92. The largest absolute Gasteiger partial charge is 0.444 e. The van der Waals surface area contributed by atoms with E-state index in [1.54, 1.807) is 12.1 Å². The van der Waals surface area contributed by atoms with Gasteiger partial charge in [-0.2, -0.15) is 0 Å². The van der Waals surface area contributed by atoms with Crippen LogP contribution in [-0.2, 0) is 16.1 Å². The van der Waals surface area contributed by atoms with E-state index in [0.29, 0.717) is 25.4 Å². The summed E-state index contributed by atoms with van der Waals surface area (Å²) in [6.45, 7) is 6.74. The highest BCUT2D eigenvalue weighted by atomic mass is 16.6. The Balaban J connectivity index is 2.41. The molecule has 0 radical (unpaired) electrons. The Labute approximate surface area is 125 Å². The number of ether oxygens (including phenoxy) is 2. The van der Waals surface area contributed by atoms with Crippen LogP contribution in [0.1, 0.15) is 26.3 Å². The van der Waals surface area contributed by atoms with Gasteiger partial charge in [0.05, 0.1) is 13.2 Å². The first kappa shape index (κ1) is 17.4. The van der Waals surface area contributed by atoms with Crippen LogP contribution in [0.3, 0.4) is 0 Å². The number of benzene rings is 1. The number of anilines is 1. The third kappa shape index (κ3) is 7.65. The van der Waals surface area contributed by atoms with Gasteiger partial charge in [0.2, 0.25) is 0 Å². The van der Waals surface area contributed by atoms with E-state index in [1.165, 1.54) is 0 Å². The fourth-order valence-corrected chi connectivity index (χ4v) is 1.50. The molecule has 0 fully saturated rings. The Kier molecular flexibility index (Phi) is 6.61. The van der Waals surface area contributed by atoms with Gasteiger partial charge in [0, 0.05) is 18.3 Å². The molecule has 0 saturated carbocycles. The molecule has 0 aliphatic rings. The lowest BCUT2D eigenvalue weighted by Gasteiger charge is -2.19. The zero-order valence-electron chi connectivity index (χ0n) is 12.9. The lowest BCUT2D eigenvalue weighted by Crippen LogP contribution is -2.34. The number of hydrogen-bond donors (Lipinski definition) is 3. The third-order valence-electron chi connectivity index (χ3n) is 2.50. The Bertz CT molecular complexity index is 440. The van der Waals surface area contributed by atoms with Crippen LogP contribution >= 0.6 is 0 Å². The Morgan fingerprint density at radius 2 is 1.90 bits per heavy atom. The average Bonchev–Trinajstić information content (AvgIpc) is 2.38. The van der Waals surface area contributed by atoms with Crippen LogP contribution in [-0.4, -0.2) is 30.9 Å². The summed E-state index contributed by atoms with van der Waals surface area (Å²) in [6.07, 6.45) is -0.472. The van der Waals surface area contributed by atoms with Crippen LogP contribution < -0.4 is 16.8 Å². The number of nitrogens with two attached hydrogens (primary N) is 2. The van der Waals surface area contributed by atoms with E-state index >= 15 is 0 Å². The molecular weight excluding hydrogens is 270 g/mol. The second-order valence-corrected chi connectivity index (χ2v) is 5.83. The highest BCUT2D eigenvalue weighted by Gasteiger charge is 2.16. The van der Waals surface area contributed by atoms with Crippen molar-refractivity contribution in [2.45, 2.75) is 39.0 Å². The quantitative estimate of drug-likeness (QED) is 0.743. The Morgan fingerprint density at radius 1 is 1.29 bits per heavy atom. The summed E-state index contributed by atoms with van der Waals surface area (Å²) in [5, 5.41) is 2.67. The maximum absolute atomic E-state index is 11.6. The molecule has 1 aromatic carbocycles. The van der Waals surface area contributed by atoms with Crippen molar-refractivity contribution >= 4 is 11.8 Å². The molecule has 0 aliphatic carbocycles. The van der Waals surface area contributed by atoms with E-state index in [4.69, 9.17) is 20.9 Å². The Morgan fingerprint density at radius 3 is 2.43 bits per heavy atom. The minimum Gasteiger partial charge on any atom is -0.444 e. The van der Waals surface area contributed by atoms with Crippen molar-refractivity contribution < 1.29 is 14.3 Å². The maximum Gasteiger partial charge on any atom is 0.412 e. The summed E-state index contributed by atoms with van der Waals surface area (Å²) in [7, 11) is 0. The molecule has 5 N–H and O–H groups in total. The van der Waals surface area contributed by atoms with Gasteiger partial charge < -0.3 is 20.9 Å². The van der Waals surface area contributed by atoms with Crippen LogP contribution in [0.15, 0.2) is 24.3 Å². The van der Waals surface area contributed by atoms with Crippen molar-refractivity contribution in [1.29, 1.82) is 0 Å². The summed E-state index contributed by atoms with van der Waals surface area (Å²) < 4.78 is 10.6. The fraction of sp³-hybridized carbons (Fsp3) is 0.533. The van der Waals surface area contributed by atoms with Crippen molar-refractivity contribution in [1.82, 2.24) is 0 Å². The average molecular weight is 295 g/mol. The predicted octanol–water partition coefficient (Wildman–Crippen LogP) is 1.84. The molecule has 1 amide bonds. The molecule has 0 aromatic heterocycles. The third-order valence-corrected chi connectivity index (χ3v) is 2.50. The van der Waals surface area contributed by atoms with Gasteiger partial charge in [-0.05, 0) is 38.5 Å². The zero-order valence-corrected chi connectivity index (χ0v) is 12.9. The van der Waals surface area contributed by atoms with Crippen LogP contribution in [0, 0.1) is 0 Å². The lowest BCUT2D eigenvalue weighted by molar-refractivity contribution is 0.0636. The summed E-state index contributed by atoms with van der Waals surface area (Å²) in [5.41, 5.74) is 12.2. The number of rotatable bonds is 6. The second-order valence-electron chi connectivity index (χ2n) is 5.83.